The minimum absolute atomic E-state index is 0.286. The van der Waals surface area contributed by atoms with Gasteiger partial charge in [0.05, 0.1) is 6.61 Å². The van der Waals surface area contributed by atoms with Crippen LogP contribution in [0.3, 0.4) is 0 Å². The van der Waals surface area contributed by atoms with Crippen molar-refractivity contribution in [3.8, 4) is 0 Å². The highest BCUT2D eigenvalue weighted by molar-refractivity contribution is 5.13. The van der Waals surface area contributed by atoms with Gasteiger partial charge in [0.25, 0.3) is 5.89 Å². The molecular formula is C16H20N2O3. The lowest BCUT2D eigenvalue weighted by atomic mass is 9.85. The molecule has 1 heterocycles. The van der Waals surface area contributed by atoms with E-state index in [1.165, 1.54) is 0 Å². The van der Waals surface area contributed by atoms with Gasteiger partial charge in [0.15, 0.2) is 5.82 Å². The second-order valence-electron chi connectivity index (χ2n) is 5.59. The van der Waals surface area contributed by atoms with E-state index in [1.54, 1.807) is 0 Å². The number of aromatic nitrogens is 2. The molecule has 1 aliphatic rings. The van der Waals surface area contributed by atoms with Crippen molar-refractivity contribution >= 4 is 0 Å². The largest absolute Gasteiger partial charge is 0.380 e. The highest BCUT2D eigenvalue weighted by atomic mass is 16.5. The van der Waals surface area contributed by atoms with Crippen LogP contribution in [0, 0.1) is 0 Å². The van der Waals surface area contributed by atoms with Crippen molar-refractivity contribution in [1.29, 1.82) is 0 Å². The molecule has 112 valence electrons. The van der Waals surface area contributed by atoms with Gasteiger partial charge in [-0.15, -0.1) is 0 Å². The van der Waals surface area contributed by atoms with E-state index in [1.807, 2.05) is 30.3 Å². The monoisotopic (exact) mass is 288 g/mol. The molecule has 0 radical (unpaired) electrons. The Morgan fingerprint density at radius 1 is 1.10 bits per heavy atom. The van der Waals surface area contributed by atoms with Gasteiger partial charge in [-0.2, -0.15) is 4.98 Å². The van der Waals surface area contributed by atoms with Crippen LogP contribution in [0.5, 0.6) is 0 Å². The molecule has 1 aliphatic carbocycles. The number of hydrogen-bond acceptors (Lipinski definition) is 5. The van der Waals surface area contributed by atoms with E-state index in [-0.39, 0.29) is 6.61 Å². The standard InChI is InChI=1S/C16H20N2O3/c19-16(9-5-2-6-10-16)15-17-14(18-21-15)12-20-11-13-7-3-1-4-8-13/h1,3-4,7-8,19H,2,5-6,9-12H2. The van der Waals surface area contributed by atoms with Gasteiger partial charge >= 0.3 is 0 Å². The fourth-order valence-electron chi connectivity index (χ4n) is 2.69. The normalized spacial score (nSPS) is 17.8. The molecule has 1 aromatic carbocycles. The van der Waals surface area contributed by atoms with Crippen LogP contribution in [-0.4, -0.2) is 15.2 Å². The van der Waals surface area contributed by atoms with Gasteiger partial charge in [0.2, 0.25) is 0 Å². The molecule has 5 nitrogen and oxygen atoms in total. The summed E-state index contributed by atoms with van der Waals surface area (Å²) in [6.45, 7) is 0.795. The topological polar surface area (TPSA) is 68.4 Å². The number of benzene rings is 1. The first-order valence-corrected chi connectivity index (χ1v) is 7.43. The molecule has 0 unspecified atom stereocenters. The van der Waals surface area contributed by atoms with Gasteiger partial charge < -0.3 is 14.4 Å². The van der Waals surface area contributed by atoms with E-state index >= 15 is 0 Å². The van der Waals surface area contributed by atoms with Crippen LogP contribution in [0.25, 0.3) is 0 Å². The Bertz CT molecular complexity index is 562. The molecule has 3 rings (SSSR count). The van der Waals surface area contributed by atoms with E-state index in [9.17, 15) is 5.11 Å². The summed E-state index contributed by atoms with van der Waals surface area (Å²) in [5, 5.41) is 14.4. The van der Waals surface area contributed by atoms with Crippen LogP contribution in [0.1, 0.15) is 49.4 Å². The summed E-state index contributed by atoms with van der Waals surface area (Å²) < 4.78 is 10.8. The van der Waals surface area contributed by atoms with Crippen LogP contribution < -0.4 is 0 Å². The van der Waals surface area contributed by atoms with Crippen LogP contribution in [-0.2, 0) is 23.6 Å². The summed E-state index contributed by atoms with van der Waals surface area (Å²) in [4.78, 5) is 4.28. The van der Waals surface area contributed by atoms with Crippen molar-refractivity contribution in [2.24, 2.45) is 0 Å². The molecule has 0 spiro atoms. The summed E-state index contributed by atoms with van der Waals surface area (Å²) >= 11 is 0. The highest BCUT2D eigenvalue weighted by Crippen LogP contribution is 2.35. The Balaban J connectivity index is 1.55. The van der Waals surface area contributed by atoms with E-state index < -0.39 is 5.60 Å². The Hall–Kier alpha value is -1.72. The smallest absolute Gasteiger partial charge is 0.258 e. The molecule has 2 aromatic rings. The minimum Gasteiger partial charge on any atom is -0.380 e. The zero-order valence-electron chi connectivity index (χ0n) is 12.0. The Kier molecular flexibility index (Phi) is 4.31. The molecule has 0 saturated heterocycles. The lowest BCUT2D eigenvalue weighted by molar-refractivity contribution is -0.0287. The molecule has 1 aromatic heterocycles. The minimum atomic E-state index is -0.942. The highest BCUT2D eigenvalue weighted by Gasteiger charge is 2.36. The van der Waals surface area contributed by atoms with E-state index in [0.29, 0.717) is 31.2 Å². The van der Waals surface area contributed by atoms with Crippen molar-refractivity contribution in [2.75, 3.05) is 0 Å². The third kappa shape index (κ3) is 3.49. The Morgan fingerprint density at radius 3 is 2.62 bits per heavy atom. The first-order chi connectivity index (χ1) is 10.3. The maximum Gasteiger partial charge on any atom is 0.258 e. The van der Waals surface area contributed by atoms with E-state index in [4.69, 9.17) is 9.26 Å². The van der Waals surface area contributed by atoms with Crippen molar-refractivity contribution < 1.29 is 14.4 Å². The quantitative estimate of drug-likeness (QED) is 0.916. The van der Waals surface area contributed by atoms with Gasteiger partial charge in [0.1, 0.15) is 12.2 Å². The van der Waals surface area contributed by atoms with Crippen LogP contribution in [0.2, 0.25) is 0 Å². The zero-order chi connectivity index (χ0) is 14.5. The van der Waals surface area contributed by atoms with E-state index in [0.717, 1.165) is 24.8 Å². The van der Waals surface area contributed by atoms with Crippen molar-refractivity contribution in [2.45, 2.75) is 50.9 Å². The fourth-order valence-corrected chi connectivity index (χ4v) is 2.69. The molecule has 0 aliphatic heterocycles. The molecule has 5 heteroatoms. The lowest BCUT2D eigenvalue weighted by Crippen LogP contribution is -2.28. The lowest BCUT2D eigenvalue weighted by Gasteiger charge is -2.27. The SMILES string of the molecule is OC1(c2nc(COCc3ccccc3)no2)CCCCC1. The third-order valence-electron chi connectivity index (χ3n) is 3.89. The van der Waals surface area contributed by atoms with Crippen molar-refractivity contribution in [3.63, 3.8) is 0 Å². The molecular weight excluding hydrogens is 268 g/mol. The molecule has 1 N–H and O–H groups in total. The molecule has 1 fully saturated rings. The number of ether oxygens (including phenoxy) is 1. The Morgan fingerprint density at radius 2 is 1.86 bits per heavy atom. The summed E-state index contributed by atoms with van der Waals surface area (Å²) in [7, 11) is 0. The first-order valence-electron chi connectivity index (χ1n) is 7.43. The molecule has 0 amide bonds. The molecule has 0 atom stereocenters. The van der Waals surface area contributed by atoms with Crippen molar-refractivity contribution in [1.82, 2.24) is 10.1 Å². The van der Waals surface area contributed by atoms with Crippen LogP contribution in [0.4, 0.5) is 0 Å². The molecule has 21 heavy (non-hydrogen) atoms. The first kappa shape index (κ1) is 14.2. The van der Waals surface area contributed by atoms with Gasteiger partial charge in [-0.3, -0.25) is 0 Å². The van der Waals surface area contributed by atoms with Gasteiger partial charge in [-0.25, -0.2) is 0 Å². The second kappa shape index (κ2) is 6.37. The predicted molar refractivity (Wildman–Crippen MR) is 76.2 cm³/mol. The maximum atomic E-state index is 10.5. The molecule has 1 saturated carbocycles. The number of aliphatic hydroxyl groups is 1. The van der Waals surface area contributed by atoms with Crippen molar-refractivity contribution in [3.05, 3.63) is 47.6 Å². The molecule has 0 bridgehead atoms. The second-order valence-corrected chi connectivity index (χ2v) is 5.59. The predicted octanol–water partition coefficient (Wildman–Crippen LogP) is 2.94. The summed E-state index contributed by atoms with van der Waals surface area (Å²) in [5.41, 5.74) is 0.162. The fraction of sp³-hybridized carbons (Fsp3) is 0.500. The van der Waals surface area contributed by atoms with Gasteiger partial charge in [-0.05, 0) is 18.4 Å². The number of rotatable bonds is 5. The van der Waals surface area contributed by atoms with Gasteiger partial charge in [0, 0.05) is 0 Å². The summed E-state index contributed by atoms with van der Waals surface area (Å²) in [5.74, 6) is 0.820. The third-order valence-corrected chi connectivity index (χ3v) is 3.89. The van der Waals surface area contributed by atoms with Crippen LogP contribution >= 0.6 is 0 Å². The Labute approximate surface area is 123 Å². The average molecular weight is 288 g/mol. The van der Waals surface area contributed by atoms with Gasteiger partial charge in [-0.1, -0.05) is 54.8 Å². The zero-order valence-corrected chi connectivity index (χ0v) is 12.0. The maximum absolute atomic E-state index is 10.5. The summed E-state index contributed by atoms with van der Waals surface area (Å²) in [6.07, 6.45) is 4.54. The van der Waals surface area contributed by atoms with Crippen LogP contribution in [0.15, 0.2) is 34.9 Å². The number of nitrogens with zero attached hydrogens (tertiary/aromatic N) is 2. The number of hydrogen-bond donors (Lipinski definition) is 1. The summed E-state index contributed by atoms with van der Waals surface area (Å²) in [6, 6.07) is 9.94. The van der Waals surface area contributed by atoms with E-state index in [2.05, 4.69) is 10.1 Å². The average Bonchev–Trinajstić information content (AvgIpc) is 2.99.